The zero-order valence-corrected chi connectivity index (χ0v) is 73.2. The predicted octanol–water partition coefficient (Wildman–Crippen LogP) is 24.9. The molecule has 2 radical (unpaired) electrons. The molecule has 18 heteroatoms. The van der Waals surface area contributed by atoms with Gasteiger partial charge in [-0.2, -0.15) is 94.1 Å². The van der Waals surface area contributed by atoms with E-state index < -0.39 is 9.84 Å². The number of aromatic nitrogens is 7. The molecule has 7 heterocycles. The molecular weight excluding hydrogens is 1790 g/mol. The molecule has 0 aliphatic carbocycles. The Morgan fingerprint density at radius 1 is 0.412 bits per heavy atom. The van der Waals surface area contributed by atoms with Crippen LogP contribution in [0.3, 0.4) is 0 Å². The van der Waals surface area contributed by atoms with Gasteiger partial charge in [0.25, 0.3) is 0 Å². The van der Waals surface area contributed by atoms with Crippen LogP contribution in [0.5, 0.6) is 0 Å². The van der Waals surface area contributed by atoms with E-state index in [0.29, 0.717) is 15.7 Å². The van der Waals surface area contributed by atoms with E-state index in [-0.39, 0.29) is 58.4 Å². The third-order valence-corrected chi connectivity index (χ3v) is 23.0. The number of aryl methyl sites for hydroxylation is 6. The molecule has 2 aliphatic rings. The van der Waals surface area contributed by atoms with Crippen LogP contribution < -0.4 is 9.80 Å². The zero-order chi connectivity index (χ0) is 79.9. The standard InChI is InChI=1S/C28H24N2.C25H23N2.C21H13N2O2S.C9H6NO.2C9H6NS.3Rh/c1-20-17-24(22-9-5-4-6-10-22)18-21(2)28(20)23-13-15-25(16-14-23)30-19-29(3)26-11-7-8-12-27(26)30;1-17-14-23(21-8-6-5-7-9-21)15-18(2)25(17)22-10-12-24(13-11-22)27-20(4)16-19(3)26-27;24-26(25)20-5-2-1-4-18(20)19-11-8-16(14-21(19)26)15-6-9-17(10-7-15)23-13-3-12-22-23;3*1-2-4-8(5-3-1)9-10-6-7-11-9;;;/h4-15,17-19H,1-3H3;5-12,14-16H,1-4H3;1-9,11-14H;3*1-4,6-7H;;;/q-2;5*-1;2*+2;+3. The summed E-state index contributed by atoms with van der Waals surface area (Å²) in [4.78, 5) is 17.4. The van der Waals surface area contributed by atoms with Crippen molar-refractivity contribution in [3.05, 3.63) is 416 Å². The molecule has 0 spiro atoms. The summed E-state index contributed by atoms with van der Waals surface area (Å²) in [7, 11) is -1.39. The van der Waals surface area contributed by atoms with Gasteiger partial charge in [-0.1, -0.05) is 172 Å². The van der Waals surface area contributed by atoms with Gasteiger partial charge in [-0.25, -0.2) is 8.42 Å². The van der Waals surface area contributed by atoms with Gasteiger partial charge in [-0.3, -0.25) is 24.3 Å². The van der Waals surface area contributed by atoms with Crippen molar-refractivity contribution in [1.29, 1.82) is 0 Å². The number of hydrogen-bond donors (Lipinski definition) is 0. The van der Waals surface area contributed by atoms with Crippen molar-refractivity contribution in [1.82, 2.24) is 34.5 Å². The fourth-order valence-corrected chi connectivity index (χ4v) is 17.1. The van der Waals surface area contributed by atoms with E-state index in [9.17, 15) is 8.42 Å². The number of para-hydroxylation sites is 2. The van der Waals surface area contributed by atoms with Crippen molar-refractivity contribution in [2.75, 3.05) is 16.8 Å². The van der Waals surface area contributed by atoms with Crippen LogP contribution >= 0.6 is 22.7 Å². The number of hydrogen-bond acceptors (Lipinski definition) is 12. The van der Waals surface area contributed by atoms with Crippen LogP contribution in [-0.4, -0.2) is 50.0 Å². The summed E-state index contributed by atoms with van der Waals surface area (Å²) in [5, 5.41) is 14.7. The second-order valence-electron chi connectivity index (χ2n) is 27.5. The first kappa shape index (κ1) is 86.5. The molecule has 5 aromatic heterocycles. The summed E-state index contributed by atoms with van der Waals surface area (Å²) >= 11 is 3.27. The molecule has 0 saturated heterocycles. The van der Waals surface area contributed by atoms with Gasteiger partial charge in [-0.05, 0) is 119 Å². The number of thiazole rings is 2. The average Bonchev–Trinajstić information content (AvgIpc) is 1.58. The van der Waals surface area contributed by atoms with Crippen molar-refractivity contribution in [2.24, 2.45) is 0 Å². The van der Waals surface area contributed by atoms with E-state index in [1.807, 2.05) is 150 Å². The molecule has 0 bridgehead atoms. The van der Waals surface area contributed by atoms with E-state index in [4.69, 9.17) is 4.42 Å². The van der Waals surface area contributed by atoms with Crippen molar-refractivity contribution < 1.29 is 71.3 Å². The second-order valence-corrected chi connectivity index (χ2v) is 31.2. The molecule has 20 rings (SSSR count). The summed E-state index contributed by atoms with van der Waals surface area (Å²) < 4.78 is 34.4. The summed E-state index contributed by atoms with van der Waals surface area (Å²) in [6, 6.07) is 116. The molecule has 0 unspecified atom stereocenters. The minimum atomic E-state index is -3.46. The topological polar surface area (TPSA) is 128 Å². The number of anilines is 3. The van der Waals surface area contributed by atoms with Crippen LogP contribution in [0, 0.1) is 84.6 Å². The first-order chi connectivity index (χ1) is 56.7. The van der Waals surface area contributed by atoms with Gasteiger partial charge < -0.3 is 14.2 Å². The monoisotopic (exact) mass is 1870 g/mol. The number of oxazole rings is 1. The molecule has 119 heavy (non-hydrogen) atoms. The minimum absolute atomic E-state index is 0. The van der Waals surface area contributed by atoms with Crippen LogP contribution in [0.1, 0.15) is 33.6 Å². The summed E-state index contributed by atoms with van der Waals surface area (Å²) in [6.45, 7) is 15.0. The molecule has 0 fully saturated rings. The van der Waals surface area contributed by atoms with Crippen molar-refractivity contribution in [2.45, 2.75) is 51.3 Å². The fourth-order valence-electron chi connectivity index (χ4n) is 14.2. The number of fused-ring (bicyclic) bond motifs is 4. The van der Waals surface area contributed by atoms with Gasteiger partial charge in [-0.15, -0.1) is 143 Å². The minimum Gasteiger partial charge on any atom is -0.504 e. The van der Waals surface area contributed by atoms with Crippen LogP contribution in [0.25, 0.3) is 111 Å². The van der Waals surface area contributed by atoms with Crippen molar-refractivity contribution in [3.8, 4) is 111 Å². The predicted molar refractivity (Wildman–Crippen MR) is 471 cm³/mol. The van der Waals surface area contributed by atoms with Crippen LogP contribution in [0.15, 0.2) is 353 Å². The Balaban J connectivity index is 0.000000136. The molecule has 590 valence electrons. The Bertz CT molecular complexity index is 6160. The fraction of sp³-hybridized carbons (Fsp3) is 0.0693. The molecule has 18 aromatic rings. The maximum Gasteiger partial charge on any atom is 3.00 e. The number of nitrogens with zero attached hydrogens (tertiary/aromatic N) is 9. The zero-order valence-electron chi connectivity index (χ0n) is 65.9. The molecule has 0 amide bonds. The van der Waals surface area contributed by atoms with E-state index in [1.54, 1.807) is 76.6 Å². The normalized spacial score (nSPS) is 11.5. The Kier molecular flexibility index (Phi) is 29.5. The van der Waals surface area contributed by atoms with E-state index in [2.05, 4.69) is 271 Å². The molecule has 2 aliphatic heterocycles. The van der Waals surface area contributed by atoms with E-state index in [0.717, 1.165) is 77.4 Å². The van der Waals surface area contributed by atoms with Gasteiger partial charge >= 0.3 is 58.4 Å². The molecule has 0 saturated carbocycles. The molecule has 0 N–H and O–H groups in total. The quantitative estimate of drug-likeness (QED) is 0.0912. The first-order valence-electron chi connectivity index (χ1n) is 37.7. The summed E-state index contributed by atoms with van der Waals surface area (Å²) in [6.07, 6.45) is 10.4. The Hall–Kier alpha value is -11.8. The van der Waals surface area contributed by atoms with Crippen molar-refractivity contribution >= 4 is 49.6 Å². The Morgan fingerprint density at radius 2 is 0.899 bits per heavy atom. The van der Waals surface area contributed by atoms with Crippen molar-refractivity contribution in [3.63, 3.8) is 0 Å². The molecular formula is C101H78N9O3Rh3S3. The second kappa shape index (κ2) is 40.6. The Morgan fingerprint density at radius 3 is 1.38 bits per heavy atom. The smallest absolute Gasteiger partial charge is 0.504 e. The largest absolute Gasteiger partial charge is 3.00 e. The maximum absolute atomic E-state index is 12.8. The van der Waals surface area contributed by atoms with E-state index >= 15 is 0 Å². The van der Waals surface area contributed by atoms with Crippen LogP contribution in [-0.2, 0) is 68.3 Å². The first-order valence-corrected chi connectivity index (χ1v) is 40.9. The molecule has 13 aromatic carbocycles. The third-order valence-electron chi connectivity index (χ3n) is 19.5. The van der Waals surface area contributed by atoms with Gasteiger partial charge in [0.2, 0.25) is 9.84 Å². The number of benzene rings is 13. The summed E-state index contributed by atoms with van der Waals surface area (Å²) in [5.41, 5.74) is 28.8. The average molecular weight is 1870 g/mol. The molecule has 0 atom stereocenters. The Labute approximate surface area is 743 Å². The van der Waals surface area contributed by atoms with Crippen LogP contribution in [0.4, 0.5) is 17.1 Å². The van der Waals surface area contributed by atoms with Crippen LogP contribution in [0.2, 0.25) is 0 Å². The number of rotatable bonds is 11. The number of sulfone groups is 1. The van der Waals surface area contributed by atoms with Gasteiger partial charge in [0.15, 0.2) is 0 Å². The van der Waals surface area contributed by atoms with E-state index in [1.165, 1.54) is 78.1 Å². The SMILES string of the molecule is Cc1cc(-c2ccccc2)cc(C)c1-c1c[c-]c(N2[CH-]N(C)c3ccccc32)cc1.Cc1cc(C)n(-c2[c-]cc(-c3c(C)cc(-c4ccccc4)cc3C)cc2)n1.O=S1(=O)c2ccccc2-c2ccc(-c3c[c-]c(-n4cccn4)cc3)cc21.[Rh+2].[Rh+2].[Rh+3].[c-]1ccccc1-c1ncco1.[c-]1ccccc1-c1nccs1.[c-]1ccccc1-c1nccs1. The van der Waals surface area contributed by atoms with Gasteiger partial charge in [0.1, 0.15) is 5.89 Å². The summed E-state index contributed by atoms with van der Waals surface area (Å²) in [5.74, 6) is 0.616. The van der Waals surface area contributed by atoms with Gasteiger partial charge in [0.05, 0.1) is 27.9 Å². The third kappa shape index (κ3) is 20.5. The molecule has 12 nitrogen and oxygen atoms in total. The maximum atomic E-state index is 12.8. The van der Waals surface area contributed by atoms with Gasteiger partial charge in [0, 0.05) is 73.8 Å².